The van der Waals surface area contributed by atoms with Gasteiger partial charge in [-0.2, -0.15) is 0 Å². The van der Waals surface area contributed by atoms with Gasteiger partial charge in [-0.05, 0) is 51.0 Å². The summed E-state index contributed by atoms with van der Waals surface area (Å²) in [5.41, 5.74) is 0.212. The van der Waals surface area contributed by atoms with Gasteiger partial charge >= 0.3 is 5.97 Å². The SMILES string of the molecule is O=C(O)C1CCCC1CNCC1CCC2(CCCC2)O1. The van der Waals surface area contributed by atoms with Gasteiger partial charge in [-0.15, -0.1) is 0 Å². The van der Waals surface area contributed by atoms with Crippen LogP contribution in [0.5, 0.6) is 0 Å². The minimum Gasteiger partial charge on any atom is -0.481 e. The van der Waals surface area contributed by atoms with Crippen molar-refractivity contribution in [2.75, 3.05) is 13.1 Å². The number of hydrogen-bond donors (Lipinski definition) is 2. The molecule has 0 amide bonds. The molecule has 20 heavy (non-hydrogen) atoms. The number of rotatable bonds is 5. The van der Waals surface area contributed by atoms with E-state index in [-0.39, 0.29) is 11.5 Å². The van der Waals surface area contributed by atoms with Crippen LogP contribution >= 0.6 is 0 Å². The van der Waals surface area contributed by atoms with Gasteiger partial charge in [0.2, 0.25) is 0 Å². The van der Waals surface area contributed by atoms with Crippen LogP contribution in [0.15, 0.2) is 0 Å². The van der Waals surface area contributed by atoms with Crippen molar-refractivity contribution >= 4 is 5.97 Å². The van der Waals surface area contributed by atoms with Gasteiger partial charge in [0.25, 0.3) is 0 Å². The molecule has 0 radical (unpaired) electrons. The van der Waals surface area contributed by atoms with Crippen LogP contribution in [-0.2, 0) is 9.53 Å². The average molecular weight is 281 g/mol. The van der Waals surface area contributed by atoms with Crippen molar-refractivity contribution in [3.05, 3.63) is 0 Å². The second-order valence-corrected chi connectivity index (χ2v) is 6.96. The fraction of sp³-hybridized carbons (Fsp3) is 0.938. The molecule has 1 aliphatic heterocycles. The molecule has 3 fully saturated rings. The third kappa shape index (κ3) is 3.01. The molecule has 0 bridgehead atoms. The third-order valence-corrected chi connectivity index (χ3v) is 5.61. The zero-order valence-corrected chi connectivity index (χ0v) is 12.3. The maximum Gasteiger partial charge on any atom is 0.306 e. The number of carbonyl (C=O) groups is 1. The highest BCUT2D eigenvalue weighted by Crippen LogP contribution is 2.43. The van der Waals surface area contributed by atoms with Gasteiger partial charge in [0.15, 0.2) is 0 Å². The average Bonchev–Trinajstić information content (AvgIpc) is 3.13. The predicted molar refractivity (Wildman–Crippen MR) is 76.6 cm³/mol. The van der Waals surface area contributed by atoms with E-state index in [2.05, 4.69) is 5.32 Å². The maximum atomic E-state index is 11.1. The molecule has 114 valence electrons. The van der Waals surface area contributed by atoms with Crippen molar-refractivity contribution in [1.29, 1.82) is 0 Å². The van der Waals surface area contributed by atoms with E-state index < -0.39 is 5.97 Å². The molecule has 2 saturated carbocycles. The summed E-state index contributed by atoms with van der Waals surface area (Å²) in [6, 6.07) is 0. The van der Waals surface area contributed by atoms with Gasteiger partial charge in [-0.1, -0.05) is 19.3 Å². The largest absolute Gasteiger partial charge is 0.481 e. The molecule has 1 heterocycles. The highest BCUT2D eigenvalue weighted by atomic mass is 16.5. The summed E-state index contributed by atoms with van der Waals surface area (Å²) >= 11 is 0. The molecule has 2 aliphatic carbocycles. The van der Waals surface area contributed by atoms with Gasteiger partial charge in [0, 0.05) is 6.54 Å². The third-order valence-electron chi connectivity index (χ3n) is 5.61. The molecule has 3 unspecified atom stereocenters. The standard InChI is InChI=1S/C16H27NO3/c18-15(19)14-5-3-4-12(14)10-17-11-13-6-9-16(20-13)7-1-2-8-16/h12-14,17H,1-11H2,(H,18,19). The maximum absolute atomic E-state index is 11.1. The Balaban J connectivity index is 1.39. The van der Waals surface area contributed by atoms with E-state index in [0.29, 0.717) is 12.0 Å². The molecule has 0 aromatic rings. The lowest BCUT2D eigenvalue weighted by molar-refractivity contribution is -0.142. The molecule has 4 nitrogen and oxygen atoms in total. The Kier molecular flexibility index (Phi) is 4.32. The van der Waals surface area contributed by atoms with Crippen LogP contribution in [0.1, 0.15) is 57.8 Å². The summed E-state index contributed by atoms with van der Waals surface area (Å²) < 4.78 is 6.27. The molecule has 1 saturated heterocycles. The van der Waals surface area contributed by atoms with E-state index in [0.717, 1.165) is 32.4 Å². The van der Waals surface area contributed by atoms with Crippen molar-refractivity contribution in [1.82, 2.24) is 5.32 Å². The second-order valence-electron chi connectivity index (χ2n) is 6.96. The number of hydrogen-bond acceptors (Lipinski definition) is 3. The summed E-state index contributed by atoms with van der Waals surface area (Å²) in [6.45, 7) is 1.73. The summed E-state index contributed by atoms with van der Waals surface area (Å²) in [7, 11) is 0. The number of carboxylic acid groups (broad SMARTS) is 1. The Labute approximate surface area is 121 Å². The van der Waals surface area contributed by atoms with Crippen LogP contribution in [-0.4, -0.2) is 35.9 Å². The molecule has 2 N–H and O–H groups in total. The van der Waals surface area contributed by atoms with Crippen molar-refractivity contribution in [3.8, 4) is 0 Å². The van der Waals surface area contributed by atoms with Crippen LogP contribution in [0.25, 0.3) is 0 Å². The van der Waals surface area contributed by atoms with Crippen LogP contribution in [0.3, 0.4) is 0 Å². The first-order valence-corrected chi connectivity index (χ1v) is 8.30. The van der Waals surface area contributed by atoms with Crippen molar-refractivity contribution in [2.24, 2.45) is 11.8 Å². The van der Waals surface area contributed by atoms with E-state index in [9.17, 15) is 9.90 Å². The zero-order chi connectivity index (χ0) is 14.0. The Morgan fingerprint density at radius 2 is 1.90 bits per heavy atom. The van der Waals surface area contributed by atoms with Gasteiger partial charge in [-0.25, -0.2) is 0 Å². The first-order chi connectivity index (χ1) is 9.69. The number of nitrogens with one attached hydrogen (secondary N) is 1. The number of ether oxygens (including phenoxy) is 1. The van der Waals surface area contributed by atoms with E-state index in [1.54, 1.807) is 0 Å². The first-order valence-electron chi connectivity index (χ1n) is 8.30. The summed E-state index contributed by atoms with van der Waals surface area (Å²) in [4.78, 5) is 11.1. The molecule has 4 heteroatoms. The lowest BCUT2D eigenvalue weighted by Gasteiger charge is -2.24. The fourth-order valence-corrected chi connectivity index (χ4v) is 4.46. The highest BCUT2D eigenvalue weighted by Gasteiger charge is 2.42. The quantitative estimate of drug-likeness (QED) is 0.813. The smallest absolute Gasteiger partial charge is 0.306 e. The van der Waals surface area contributed by atoms with Gasteiger partial charge in [0.05, 0.1) is 17.6 Å². The van der Waals surface area contributed by atoms with Crippen LogP contribution in [0.4, 0.5) is 0 Å². The number of aliphatic carboxylic acids is 1. The minimum absolute atomic E-state index is 0.131. The van der Waals surface area contributed by atoms with Gasteiger partial charge in [0.1, 0.15) is 0 Å². The van der Waals surface area contributed by atoms with Gasteiger partial charge < -0.3 is 15.2 Å². The highest BCUT2D eigenvalue weighted by molar-refractivity contribution is 5.70. The minimum atomic E-state index is -0.615. The van der Waals surface area contributed by atoms with E-state index in [1.165, 1.54) is 38.5 Å². The lowest BCUT2D eigenvalue weighted by atomic mass is 9.96. The molecule has 0 aromatic carbocycles. The monoisotopic (exact) mass is 281 g/mol. The van der Waals surface area contributed by atoms with Crippen molar-refractivity contribution in [3.63, 3.8) is 0 Å². The second kappa shape index (κ2) is 6.02. The van der Waals surface area contributed by atoms with Crippen LogP contribution < -0.4 is 5.32 Å². The lowest BCUT2D eigenvalue weighted by Crippen LogP contribution is -2.35. The first kappa shape index (κ1) is 14.3. The summed E-state index contributed by atoms with van der Waals surface area (Å²) in [5, 5.41) is 12.7. The van der Waals surface area contributed by atoms with Crippen LogP contribution in [0, 0.1) is 11.8 Å². The predicted octanol–water partition coefficient (Wildman–Crippen LogP) is 2.57. The van der Waals surface area contributed by atoms with E-state index >= 15 is 0 Å². The van der Waals surface area contributed by atoms with Crippen molar-refractivity contribution < 1.29 is 14.6 Å². The number of carboxylic acids is 1. The Morgan fingerprint density at radius 3 is 2.65 bits per heavy atom. The molecule has 3 aliphatic rings. The van der Waals surface area contributed by atoms with Crippen molar-refractivity contribution in [2.45, 2.75) is 69.5 Å². The molecule has 3 atom stereocenters. The summed E-state index contributed by atoms with van der Waals surface area (Å²) in [6.07, 6.45) is 10.8. The Bertz CT molecular complexity index is 352. The topological polar surface area (TPSA) is 58.6 Å². The van der Waals surface area contributed by atoms with E-state index in [4.69, 9.17) is 4.74 Å². The summed E-state index contributed by atoms with van der Waals surface area (Å²) in [5.74, 6) is -0.432. The molecular weight excluding hydrogens is 254 g/mol. The fourth-order valence-electron chi connectivity index (χ4n) is 4.46. The molecular formula is C16H27NO3. The normalized spacial score (nSPS) is 35.9. The molecule has 0 aromatic heterocycles. The zero-order valence-electron chi connectivity index (χ0n) is 12.3. The van der Waals surface area contributed by atoms with E-state index in [1.807, 2.05) is 0 Å². The van der Waals surface area contributed by atoms with Gasteiger partial charge in [-0.3, -0.25) is 4.79 Å². The molecule has 1 spiro atoms. The Morgan fingerprint density at radius 1 is 1.10 bits per heavy atom. The Hall–Kier alpha value is -0.610. The van der Waals surface area contributed by atoms with Crippen LogP contribution in [0.2, 0.25) is 0 Å². The molecule has 3 rings (SSSR count).